The van der Waals surface area contributed by atoms with Gasteiger partial charge in [-0.1, -0.05) is 140 Å². The summed E-state index contributed by atoms with van der Waals surface area (Å²) in [4.78, 5) is 15.3. The van der Waals surface area contributed by atoms with Gasteiger partial charge >= 0.3 is 0 Å². The molecule has 0 aliphatic carbocycles. The fraction of sp³-hybridized carbons (Fsp3) is 0. The number of nitrogens with zero attached hydrogens (tertiary/aromatic N) is 3. The number of hydrogen-bond acceptors (Lipinski definition) is 4. The molecule has 0 unspecified atom stereocenters. The van der Waals surface area contributed by atoms with Gasteiger partial charge in [-0.05, 0) is 85.2 Å². The first-order valence-electron chi connectivity index (χ1n) is 17.8. The number of benzene rings is 9. The molecule has 0 saturated carbocycles. The Kier molecular flexibility index (Phi) is 6.52. The second kappa shape index (κ2) is 11.7. The minimum atomic E-state index is 0.634. The number of fused-ring (bicyclic) bond motifs is 9. The molecule has 4 heteroatoms. The SMILES string of the molecule is c1ccc(-c2nc(-c3ccc4ccccc4c3)nc(-c3cc(-c4ccc5c(ccc6ccc7oc8ccccc8c7c65)c4)c4ccccc4c3)n2)cc1. The van der Waals surface area contributed by atoms with Crippen LogP contribution in [0.4, 0.5) is 0 Å². The zero-order valence-corrected chi connectivity index (χ0v) is 28.5. The first-order chi connectivity index (χ1) is 26.2. The maximum atomic E-state index is 6.28. The summed E-state index contributed by atoms with van der Waals surface area (Å²) in [5.41, 5.74) is 6.90. The predicted octanol–water partition coefficient (Wildman–Crippen LogP) is 13.1. The summed E-state index contributed by atoms with van der Waals surface area (Å²) in [6.45, 7) is 0. The molecule has 0 radical (unpaired) electrons. The molecule has 0 fully saturated rings. The Bertz CT molecular complexity index is 3240. The van der Waals surface area contributed by atoms with Gasteiger partial charge in [-0.15, -0.1) is 0 Å². The zero-order chi connectivity index (χ0) is 34.9. The average molecular weight is 676 g/mol. The Morgan fingerprint density at radius 2 is 0.887 bits per heavy atom. The molecule has 0 bridgehead atoms. The molecule has 2 aromatic heterocycles. The smallest absolute Gasteiger partial charge is 0.164 e. The minimum Gasteiger partial charge on any atom is -0.456 e. The second-order valence-electron chi connectivity index (χ2n) is 13.6. The quantitative estimate of drug-likeness (QED) is 0.174. The summed E-state index contributed by atoms with van der Waals surface area (Å²) < 4.78 is 6.28. The van der Waals surface area contributed by atoms with E-state index in [4.69, 9.17) is 19.4 Å². The monoisotopic (exact) mass is 675 g/mol. The molecular weight excluding hydrogens is 647 g/mol. The van der Waals surface area contributed by atoms with Gasteiger partial charge in [-0.2, -0.15) is 0 Å². The Balaban J connectivity index is 1.12. The summed E-state index contributed by atoms with van der Waals surface area (Å²) in [6, 6.07) is 61.7. The highest BCUT2D eigenvalue weighted by Crippen LogP contribution is 2.41. The van der Waals surface area contributed by atoms with Crippen molar-refractivity contribution in [3.05, 3.63) is 176 Å². The van der Waals surface area contributed by atoms with Crippen LogP contribution in [-0.2, 0) is 0 Å². The number of furan rings is 1. The number of aromatic nitrogens is 3. The summed E-state index contributed by atoms with van der Waals surface area (Å²) in [5, 5.41) is 11.7. The number of rotatable bonds is 4. The van der Waals surface area contributed by atoms with Crippen LogP contribution in [0.3, 0.4) is 0 Å². The molecule has 11 aromatic rings. The van der Waals surface area contributed by atoms with Crippen molar-refractivity contribution in [1.82, 2.24) is 15.0 Å². The summed E-state index contributed by atoms with van der Waals surface area (Å²) in [5.74, 6) is 1.92. The third-order valence-electron chi connectivity index (χ3n) is 10.4. The van der Waals surface area contributed by atoms with Crippen molar-refractivity contribution in [2.75, 3.05) is 0 Å². The van der Waals surface area contributed by atoms with Gasteiger partial charge in [0.15, 0.2) is 17.5 Å². The molecule has 0 saturated heterocycles. The number of para-hydroxylation sites is 1. The van der Waals surface area contributed by atoms with E-state index >= 15 is 0 Å². The van der Waals surface area contributed by atoms with Gasteiger partial charge < -0.3 is 4.42 Å². The van der Waals surface area contributed by atoms with Gasteiger partial charge in [0, 0.05) is 32.8 Å². The summed E-state index contributed by atoms with van der Waals surface area (Å²) >= 11 is 0. The van der Waals surface area contributed by atoms with E-state index in [1.807, 2.05) is 42.5 Å². The molecule has 0 amide bonds. The Labute approximate surface area is 304 Å². The fourth-order valence-corrected chi connectivity index (χ4v) is 7.89. The molecule has 0 spiro atoms. The molecule has 246 valence electrons. The predicted molar refractivity (Wildman–Crippen MR) is 219 cm³/mol. The van der Waals surface area contributed by atoms with Crippen molar-refractivity contribution in [3.8, 4) is 45.3 Å². The van der Waals surface area contributed by atoms with Crippen molar-refractivity contribution in [3.63, 3.8) is 0 Å². The van der Waals surface area contributed by atoms with Crippen LogP contribution in [0.5, 0.6) is 0 Å². The molecule has 0 aliphatic rings. The van der Waals surface area contributed by atoms with Gasteiger partial charge in [0.25, 0.3) is 0 Å². The maximum Gasteiger partial charge on any atom is 0.164 e. The van der Waals surface area contributed by atoms with Gasteiger partial charge in [0.1, 0.15) is 11.2 Å². The minimum absolute atomic E-state index is 0.634. The highest BCUT2D eigenvalue weighted by Gasteiger charge is 2.17. The standard InChI is InChI=1S/C49H29N3O/c1-2-11-32(12-3-1)47-50-48(37-21-18-30-10-4-5-13-33(30)26-37)52-49(51-47)38-28-34-14-6-7-15-39(34)42(29-38)36-22-24-40-35(27-36)20-19-31-23-25-44-46(45(31)40)41-16-8-9-17-43(41)53-44/h1-29H. The average Bonchev–Trinajstić information content (AvgIpc) is 3.62. The lowest BCUT2D eigenvalue weighted by Gasteiger charge is -2.14. The van der Waals surface area contributed by atoms with Gasteiger partial charge in [0.05, 0.1) is 0 Å². The van der Waals surface area contributed by atoms with E-state index in [-0.39, 0.29) is 0 Å². The highest BCUT2D eigenvalue weighted by atomic mass is 16.3. The normalized spacial score (nSPS) is 11.8. The van der Waals surface area contributed by atoms with Crippen molar-refractivity contribution in [1.29, 1.82) is 0 Å². The lowest BCUT2D eigenvalue weighted by Crippen LogP contribution is -2.00. The van der Waals surface area contributed by atoms with Crippen LogP contribution < -0.4 is 0 Å². The molecule has 0 aliphatic heterocycles. The van der Waals surface area contributed by atoms with Crippen molar-refractivity contribution >= 4 is 65.0 Å². The van der Waals surface area contributed by atoms with Crippen LogP contribution >= 0.6 is 0 Å². The fourth-order valence-electron chi connectivity index (χ4n) is 7.89. The molecule has 4 nitrogen and oxygen atoms in total. The van der Waals surface area contributed by atoms with Crippen molar-refractivity contribution < 1.29 is 4.42 Å². The van der Waals surface area contributed by atoms with E-state index in [1.54, 1.807) is 0 Å². The Hall–Kier alpha value is -7.17. The largest absolute Gasteiger partial charge is 0.456 e. The highest BCUT2D eigenvalue weighted by molar-refractivity contribution is 6.26. The maximum absolute atomic E-state index is 6.28. The van der Waals surface area contributed by atoms with Crippen LogP contribution in [0.2, 0.25) is 0 Å². The lowest BCUT2D eigenvalue weighted by atomic mass is 9.92. The van der Waals surface area contributed by atoms with Crippen LogP contribution in [0, 0.1) is 0 Å². The first-order valence-corrected chi connectivity index (χ1v) is 17.8. The number of hydrogen-bond donors (Lipinski definition) is 0. The van der Waals surface area contributed by atoms with Crippen LogP contribution in [-0.4, -0.2) is 15.0 Å². The second-order valence-corrected chi connectivity index (χ2v) is 13.6. The first kappa shape index (κ1) is 29.5. The van der Waals surface area contributed by atoms with Gasteiger partial charge in [-0.25, -0.2) is 15.0 Å². The van der Waals surface area contributed by atoms with E-state index in [0.29, 0.717) is 17.5 Å². The topological polar surface area (TPSA) is 51.8 Å². The van der Waals surface area contributed by atoms with Crippen LogP contribution in [0.25, 0.3) is 110 Å². The van der Waals surface area contributed by atoms with Crippen LogP contribution in [0.15, 0.2) is 180 Å². The lowest BCUT2D eigenvalue weighted by molar-refractivity contribution is 0.669. The molecule has 2 heterocycles. The summed E-state index contributed by atoms with van der Waals surface area (Å²) in [6.07, 6.45) is 0. The summed E-state index contributed by atoms with van der Waals surface area (Å²) in [7, 11) is 0. The molecule has 11 rings (SSSR count). The van der Waals surface area contributed by atoms with Gasteiger partial charge in [-0.3, -0.25) is 0 Å². The van der Waals surface area contributed by atoms with Crippen LogP contribution in [0.1, 0.15) is 0 Å². The van der Waals surface area contributed by atoms with Crippen molar-refractivity contribution in [2.24, 2.45) is 0 Å². The molecule has 53 heavy (non-hydrogen) atoms. The molecular formula is C49H29N3O. The van der Waals surface area contributed by atoms with Crippen molar-refractivity contribution in [2.45, 2.75) is 0 Å². The Morgan fingerprint density at radius 3 is 1.75 bits per heavy atom. The molecule has 0 atom stereocenters. The van der Waals surface area contributed by atoms with Gasteiger partial charge in [0.2, 0.25) is 0 Å². The third kappa shape index (κ3) is 4.88. The van der Waals surface area contributed by atoms with E-state index in [1.165, 1.54) is 32.3 Å². The van der Waals surface area contributed by atoms with E-state index in [2.05, 4.69) is 133 Å². The molecule has 9 aromatic carbocycles. The third-order valence-corrected chi connectivity index (χ3v) is 10.4. The van der Waals surface area contributed by atoms with E-state index < -0.39 is 0 Å². The van der Waals surface area contributed by atoms with E-state index in [0.717, 1.165) is 60.5 Å². The van der Waals surface area contributed by atoms with E-state index in [9.17, 15) is 0 Å². The Morgan fingerprint density at radius 1 is 0.302 bits per heavy atom. The molecule has 0 N–H and O–H groups in total. The zero-order valence-electron chi connectivity index (χ0n) is 28.5.